The average molecular weight is 298 g/mol. The van der Waals surface area contributed by atoms with E-state index in [2.05, 4.69) is 77.9 Å². The van der Waals surface area contributed by atoms with E-state index in [0.717, 1.165) is 0 Å². The summed E-state index contributed by atoms with van der Waals surface area (Å²) in [4.78, 5) is 2.74. The third-order valence-corrected chi connectivity index (χ3v) is 5.30. The van der Waals surface area contributed by atoms with Gasteiger partial charge in [0.15, 0.2) is 0 Å². The quantitative estimate of drug-likeness (QED) is 0.605. The molecule has 0 bridgehead atoms. The number of hydrogen-bond acceptors (Lipinski definition) is 1. The molecule has 112 valence electrons. The summed E-state index contributed by atoms with van der Waals surface area (Å²) in [6, 6.07) is 13.7. The van der Waals surface area contributed by atoms with Crippen molar-refractivity contribution in [3.05, 3.63) is 58.7 Å². The summed E-state index contributed by atoms with van der Waals surface area (Å²) < 4.78 is 0. The molecule has 0 unspecified atom stereocenters. The van der Waals surface area contributed by atoms with Gasteiger partial charge in [-0.05, 0) is 60.1 Å². The van der Waals surface area contributed by atoms with E-state index in [1.165, 1.54) is 32.0 Å². The molecule has 0 N–H and O–H groups in total. The topological polar surface area (TPSA) is 0 Å². The van der Waals surface area contributed by atoms with Gasteiger partial charge in [0.25, 0.3) is 0 Å². The lowest BCUT2D eigenvalue weighted by Gasteiger charge is -2.14. The smallest absolute Gasteiger partial charge is 0.0154 e. The van der Waals surface area contributed by atoms with E-state index in [-0.39, 0.29) is 0 Å². The maximum atomic E-state index is 2.35. The predicted octanol–water partition coefficient (Wildman–Crippen LogP) is 6.70. The van der Waals surface area contributed by atoms with Crippen LogP contribution in [0.15, 0.2) is 46.2 Å². The molecule has 0 aromatic heterocycles. The van der Waals surface area contributed by atoms with Crippen LogP contribution in [-0.2, 0) is 0 Å². The molecule has 2 rings (SSSR count). The molecule has 0 aliphatic carbocycles. The second kappa shape index (κ2) is 6.70. The van der Waals surface area contributed by atoms with Crippen LogP contribution in [0.25, 0.3) is 0 Å². The van der Waals surface area contributed by atoms with E-state index in [1.54, 1.807) is 0 Å². The predicted molar refractivity (Wildman–Crippen MR) is 94.7 cm³/mol. The minimum absolute atomic E-state index is 0.578. The van der Waals surface area contributed by atoms with E-state index in [1.807, 2.05) is 11.8 Å². The van der Waals surface area contributed by atoms with Crippen molar-refractivity contribution in [1.29, 1.82) is 0 Å². The normalized spacial score (nSPS) is 11.4. The van der Waals surface area contributed by atoms with Crippen molar-refractivity contribution in [2.75, 3.05) is 0 Å². The standard InChI is InChI=1S/C20H26S/c1-13(2)17-9-10-19(16(6)11-17)21-20-12-18(14(3)4)8-7-15(20)5/h7-14H,1-6H3. The van der Waals surface area contributed by atoms with E-state index >= 15 is 0 Å². The van der Waals surface area contributed by atoms with Crippen molar-refractivity contribution in [1.82, 2.24) is 0 Å². The molecule has 0 amide bonds. The average Bonchev–Trinajstić information content (AvgIpc) is 2.42. The Labute approximate surface area is 134 Å². The minimum atomic E-state index is 0.578. The number of hydrogen-bond donors (Lipinski definition) is 0. The van der Waals surface area contributed by atoms with Gasteiger partial charge in [-0.15, -0.1) is 0 Å². The molecule has 0 aliphatic heterocycles. The summed E-state index contributed by atoms with van der Waals surface area (Å²) >= 11 is 1.89. The Bertz CT molecular complexity index is 624. The molecule has 1 heteroatoms. The largest absolute Gasteiger partial charge is 0.0895 e. The van der Waals surface area contributed by atoms with Crippen molar-refractivity contribution < 1.29 is 0 Å². The highest BCUT2D eigenvalue weighted by Crippen LogP contribution is 2.35. The van der Waals surface area contributed by atoms with Crippen molar-refractivity contribution in [2.45, 2.75) is 63.2 Å². The number of aryl methyl sites for hydroxylation is 2. The van der Waals surface area contributed by atoms with Gasteiger partial charge in [-0.2, -0.15) is 0 Å². The second-order valence-corrected chi connectivity index (χ2v) is 7.55. The molecule has 0 atom stereocenters. The highest BCUT2D eigenvalue weighted by Gasteiger charge is 2.08. The van der Waals surface area contributed by atoms with Gasteiger partial charge in [-0.25, -0.2) is 0 Å². The maximum Gasteiger partial charge on any atom is 0.0154 e. The molecule has 21 heavy (non-hydrogen) atoms. The van der Waals surface area contributed by atoms with Crippen LogP contribution in [0.4, 0.5) is 0 Å². The molecule has 0 saturated carbocycles. The van der Waals surface area contributed by atoms with Crippen LogP contribution < -0.4 is 0 Å². The van der Waals surface area contributed by atoms with Crippen LogP contribution in [0.3, 0.4) is 0 Å². The molecule has 0 spiro atoms. The lowest BCUT2D eigenvalue weighted by atomic mass is 10.0. The highest BCUT2D eigenvalue weighted by molar-refractivity contribution is 7.99. The highest BCUT2D eigenvalue weighted by atomic mass is 32.2. The van der Waals surface area contributed by atoms with Crippen molar-refractivity contribution in [2.24, 2.45) is 0 Å². The van der Waals surface area contributed by atoms with Gasteiger partial charge in [-0.3, -0.25) is 0 Å². The van der Waals surface area contributed by atoms with Gasteiger partial charge < -0.3 is 0 Å². The van der Waals surface area contributed by atoms with Gasteiger partial charge in [0.2, 0.25) is 0 Å². The van der Waals surface area contributed by atoms with E-state index in [4.69, 9.17) is 0 Å². The summed E-state index contributed by atoms with van der Waals surface area (Å²) in [5.41, 5.74) is 5.57. The Morgan fingerprint density at radius 2 is 1.24 bits per heavy atom. The number of benzene rings is 2. The Hall–Kier alpha value is -1.21. The first-order chi connectivity index (χ1) is 9.88. The summed E-state index contributed by atoms with van der Waals surface area (Å²) in [6.45, 7) is 13.4. The van der Waals surface area contributed by atoms with Crippen LogP contribution in [-0.4, -0.2) is 0 Å². The maximum absolute atomic E-state index is 2.35. The fourth-order valence-corrected chi connectivity index (χ4v) is 3.37. The van der Waals surface area contributed by atoms with Crippen LogP contribution in [0, 0.1) is 13.8 Å². The summed E-state index contributed by atoms with van der Waals surface area (Å²) in [7, 11) is 0. The monoisotopic (exact) mass is 298 g/mol. The van der Waals surface area contributed by atoms with E-state index in [9.17, 15) is 0 Å². The lowest BCUT2D eigenvalue weighted by molar-refractivity contribution is 0.860. The van der Waals surface area contributed by atoms with E-state index < -0.39 is 0 Å². The summed E-state index contributed by atoms with van der Waals surface area (Å²) in [6.07, 6.45) is 0. The molecule has 2 aromatic carbocycles. The Morgan fingerprint density at radius 1 is 0.667 bits per heavy atom. The molecule has 0 heterocycles. The van der Waals surface area contributed by atoms with Crippen LogP contribution in [0.1, 0.15) is 61.8 Å². The zero-order valence-electron chi connectivity index (χ0n) is 14.0. The van der Waals surface area contributed by atoms with Gasteiger partial charge >= 0.3 is 0 Å². The molecule has 0 radical (unpaired) electrons. The van der Waals surface area contributed by atoms with Crippen molar-refractivity contribution in [3.8, 4) is 0 Å². The third-order valence-electron chi connectivity index (χ3n) is 3.96. The first-order valence-electron chi connectivity index (χ1n) is 7.77. The first kappa shape index (κ1) is 16.2. The van der Waals surface area contributed by atoms with Crippen molar-refractivity contribution in [3.63, 3.8) is 0 Å². The van der Waals surface area contributed by atoms with Crippen LogP contribution >= 0.6 is 11.8 Å². The first-order valence-corrected chi connectivity index (χ1v) is 8.59. The fourth-order valence-electron chi connectivity index (χ4n) is 2.35. The molecule has 0 aliphatic rings. The molecule has 2 aromatic rings. The summed E-state index contributed by atoms with van der Waals surface area (Å²) in [5, 5.41) is 0. The molecule has 0 nitrogen and oxygen atoms in total. The van der Waals surface area contributed by atoms with Crippen LogP contribution in [0.5, 0.6) is 0 Å². The third kappa shape index (κ3) is 3.91. The van der Waals surface area contributed by atoms with Gasteiger partial charge in [0.1, 0.15) is 0 Å². The minimum Gasteiger partial charge on any atom is -0.0895 e. The Morgan fingerprint density at radius 3 is 1.81 bits per heavy atom. The summed E-state index contributed by atoms with van der Waals surface area (Å²) in [5.74, 6) is 1.17. The Kier molecular flexibility index (Phi) is 5.16. The zero-order chi connectivity index (χ0) is 15.6. The Balaban J connectivity index is 2.32. The second-order valence-electron chi connectivity index (χ2n) is 6.46. The van der Waals surface area contributed by atoms with E-state index in [0.29, 0.717) is 11.8 Å². The molecule has 0 saturated heterocycles. The fraction of sp³-hybridized carbons (Fsp3) is 0.400. The van der Waals surface area contributed by atoms with Crippen LogP contribution in [0.2, 0.25) is 0 Å². The van der Waals surface area contributed by atoms with Gasteiger partial charge in [0, 0.05) is 9.79 Å². The van der Waals surface area contributed by atoms with Crippen molar-refractivity contribution >= 4 is 11.8 Å². The van der Waals surface area contributed by atoms with Gasteiger partial charge in [0.05, 0.1) is 0 Å². The number of rotatable bonds is 4. The SMILES string of the molecule is Cc1cc(C(C)C)ccc1Sc1cc(C(C)C)ccc1C. The lowest BCUT2D eigenvalue weighted by Crippen LogP contribution is -1.92. The molecular formula is C20H26S. The van der Waals surface area contributed by atoms with Gasteiger partial charge in [-0.1, -0.05) is 63.7 Å². The molecule has 0 fully saturated rings. The zero-order valence-corrected chi connectivity index (χ0v) is 14.8. The molecular weight excluding hydrogens is 272 g/mol.